The Labute approximate surface area is 142 Å². The van der Waals surface area contributed by atoms with Crippen molar-refractivity contribution in [1.29, 1.82) is 0 Å². The van der Waals surface area contributed by atoms with Gasteiger partial charge in [-0.2, -0.15) is 0 Å². The number of nitrogens with zero attached hydrogens (tertiary/aromatic N) is 1. The molecule has 0 aliphatic carbocycles. The van der Waals surface area contributed by atoms with Crippen molar-refractivity contribution in [2.24, 2.45) is 5.92 Å². The van der Waals surface area contributed by atoms with Gasteiger partial charge in [-0.25, -0.2) is 4.79 Å². The van der Waals surface area contributed by atoms with Crippen LogP contribution in [0.25, 0.3) is 0 Å². The van der Waals surface area contributed by atoms with E-state index in [9.17, 15) is 4.79 Å². The van der Waals surface area contributed by atoms with Crippen molar-refractivity contribution in [1.82, 2.24) is 4.90 Å². The fourth-order valence-corrected chi connectivity index (χ4v) is 3.03. The second-order valence-corrected chi connectivity index (χ2v) is 6.45. The summed E-state index contributed by atoms with van der Waals surface area (Å²) in [5.41, 5.74) is 1.11. The number of aliphatic carboxylic acids is 1. The summed E-state index contributed by atoms with van der Waals surface area (Å²) in [4.78, 5) is 13.2. The number of methoxy groups -OCH3 is 1. The van der Waals surface area contributed by atoms with Crippen molar-refractivity contribution in [3.8, 4) is 5.75 Å². The van der Waals surface area contributed by atoms with Crippen LogP contribution in [0, 0.1) is 5.92 Å². The van der Waals surface area contributed by atoms with Crippen LogP contribution in [0.1, 0.15) is 25.3 Å². The number of hydrogen-bond donors (Lipinski definition) is 1. The zero-order valence-electron chi connectivity index (χ0n) is 13.6. The summed E-state index contributed by atoms with van der Waals surface area (Å²) in [5, 5.41) is 9.33. The molecule has 0 unspecified atom stereocenters. The first kappa shape index (κ1) is 18.0. The molecule has 2 rings (SSSR count). The molecule has 1 aromatic rings. The zero-order valence-corrected chi connectivity index (χ0v) is 14.4. The van der Waals surface area contributed by atoms with E-state index in [0.717, 1.165) is 44.6 Å². The van der Waals surface area contributed by atoms with Gasteiger partial charge in [-0.1, -0.05) is 17.7 Å². The van der Waals surface area contributed by atoms with Crippen molar-refractivity contribution in [2.75, 3.05) is 26.8 Å². The van der Waals surface area contributed by atoms with E-state index in [1.807, 2.05) is 12.1 Å². The first-order valence-corrected chi connectivity index (χ1v) is 8.26. The van der Waals surface area contributed by atoms with Crippen LogP contribution in [-0.2, 0) is 16.1 Å². The highest BCUT2D eigenvalue weighted by molar-refractivity contribution is 6.32. The molecule has 1 N–H and O–H groups in total. The third-order valence-corrected chi connectivity index (χ3v) is 4.46. The van der Waals surface area contributed by atoms with Crippen LogP contribution in [-0.4, -0.2) is 48.9 Å². The van der Waals surface area contributed by atoms with Gasteiger partial charge in [-0.15, -0.1) is 0 Å². The number of halogens is 1. The molecular formula is C17H24ClNO4. The lowest BCUT2D eigenvalue weighted by molar-refractivity contribution is -0.144. The molecule has 1 saturated heterocycles. The molecule has 1 fully saturated rings. The van der Waals surface area contributed by atoms with E-state index in [4.69, 9.17) is 26.2 Å². The van der Waals surface area contributed by atoms with E-state index in [0.29, 0.717) is 16.7 Å². The van der Waals surface area contributed by atoms with Crippen LogP contribution in [0.5, 0.6) is 5.75 Å². The maximum atomic E-state index is 10.8. The van der Waals surface area contributed by atoms with E-state index in [1.165, 1.54) is 6.92 Å². The van der Waals surface area contributed by atoms with Crippen molar-refractivity contribution in [3.05, 3.63) is 28.8 Å². The quantitative estimate of drug-likeness (QED) is 0.826. The minimum Gasteiger partial charge on any atom is -0.479 e. The summed E-state index contributed by atoms with van der Waals surface area (Å²) >= 11 is 6.21. The summed E-state index contributed by atoms with van der Waals surface area (Å²) in [6.45, 7) is 5.28. The number of benzene rings is 1. The van der Waals surface area contributed by atoms with E-state index in [2.05, 4.69) is 4.90 Å². The maximum absolute atomic E-state index is 10.8. The Morgan fingerprint density at radius 3 is 2.70 bits per heavy atom. The zero-order chi connectivity index (χ0) is 16.8. The predicted octanol–water partition coefficient (Wildman–Crippen LogP) is 3.05. The standard InChI is InChI=1S/C17H24ClNO4/c1-12(17(20)21)23-16-4-3-14(9-15(16)18)10-19-7-5-13(6-8-19)11-22-2/h3-4,9,12-13H,5-8,10-11H2,1-2H3,(H,20,21)/t12-/m1/s1. The number of piperidine rings is 1. The molecule has 23 heavy (non-hydrogen) atoms. The molecule has 1 heterocycles. The van der Waals surface area contributed by atoms with Gasteiger partial charge in [-0.05, 0) is 56.5 Å². The molecule has 1 atom stereocenters. The minimum atomic E-state index is -1.01. The second-order valence-electron chi connectivity index (χ2n) is 6.04. The first-order valence-electron chi connectivity index (χ1n) is 7.88. The molecule has 5 nitrogen and oxygen atoms in total. The molecule has 0 amide bonds. The van der Waals surface area contributed by atoms with Crippen molar-refractivity contribution >= 4 is 17.6 Å². The van der Waals surface area contributed by atoms with Gasteiger partial charge in [0, 0.05) is 20.3 Å². The largest absolute Gasteiger partial charge is 0.479 e. The van der Waals surface area contributed by atoms with Crippen LogP contribution >= 0.6 is 11.6 Å². The highest BCUT2D eigenvalue weighted by Crippen LogP contribution is 2.28. The summed E-state index contributed by atoms with van der Waals surface area (Å²) < 4.78 is 10.6. The van der Waals surface area contributed by atoms with Gasteiger partial charge < -0.3 is 14.6 Å². The lowest BCUT2D eigenvalue weighted by Gasteiger charge is -2.31. The van der Waals surface area contributed by atoms with E-state index >= 15 is 0 Å². The number of carboxylic acids is 1. The third kappa shape index (κ3) is 5.37. The van der Waals surface area contributed by atoms with Gasteiger partial charge in [0.05, 0.1) is 5.02 Å². The normalized spacial score (nSPS) is 17.9. The van der Waals surface area contributed by atoms with Crippen molar-refractivity contribution in [3.63, 3.8) is 0 Å². The highest BCUT2D eigenvalue weighted by Gasteiger charge is 2.20. The van der Waals surface area contributed by atoms with E-state index in [1.54, 1.807) is 13.2 Å². The number of carbonyl (C=O) groups is 1. The number of likely N-dealkylation sites (tertiary alicyclic amines) is 1. The lowest BCUT2D eigenvalue weighted by Crippen LogP contribution is -2.34. The van der Waals surface area contributed by atoms with Crippen LogP contribution in [0.4, 0.5) is 0 Å². The minimum absolute atomic E-state index is 0.407. The average molecular weight is 342 g/mol. The molecule has 0 radical (unpaired) electrons. The Balaban J connectivity index is 1.90. The molecule has 1 aliphatic rings. The molecule has 6 heteroatoms. The Morgan fingerprint density at radius 1 is 1.43 bits per heavy atom. The molecule has 0 aromatic heterocycles. The van der Waals surface area contributed by atoms with Gasteiger partial charge in [0.25, 0.3) is 0 Å². The Kier molecular flexibility index (Phi) is 6.69. The first-order chi connectivity index (χ1) is 11.0. The predicted molar refractivity (Wildman–Crippen MR) is 89.1 cm³/mol. The van der Waals surface area contributed by atoms with Crippen molar-refractivity contribution < 1.29 is 19.4 Å². The van der Waals surface area contributed by atoms with Crippen molar-refractivity contribution in [2.45, 2.75) is 32.4 Å². The number of hydrogen-bond acceptors (Lipinski definition) is 4. The third-order valence-electron chi connectivity index (χ3n) is 4.16. The molecule has 0 saturated carbocycles. The van der Waals surface area contributed by atoms with Gasteiger partial charge in [0.2, 0.25) is 0 Å². The number of carboxylic acid groups (broad SMARTS) is 1. The Morgan fingerprint density at radius 2 is 2.13 bits per heavy atom. The SMILES string of the molecule is COCC1CCN(Cc2ccc(O[C@H](C)C(=O)O)c(Cl)c2)CC1. The van der Waals surface area contributed by atoms with Crippen LogP contribution in [0.15, 0.2) is 18.2 Å². The van der Waals surface area contributed by atoms with E-state index < -0.39 is 12.1 Å². The molecular weight excluding hydrogens is 318 g/mol. The fraction of sp³-hybridized carbons (Fsp3) is 0.588. The van der Waals surface area contributed by atoms with Gasteiger partial charge in [-0.3, -0.25) is 4.90 Å². The van der Waals surface area contributed by atoms with E-state index in [-0.39, 0.29) is 0 Å². The molecule has 0 bridgehead atoms. The van der Waals surface area contributed by atoms with Gasteiger partial charge >= 0.3 is 5.97 Å². The molecule has 1 aliphatic heterocycles. The monoisotopic (exact) mass is 341 g/mol. The summed E-state index contributed by atoms with van der Waals surface area (Å²) in [5.74, 6) is 0.0568. The second kappa shape index (κ2) is 8.52. The Bertz CT molecular complexity index is 529. The highest BCUT2D eigenvalue weighted by atomic mass is 35.5. The number of rotatable bonds is 7. The lowest BCUT2D eigenvalue weighted by atomic mass is 9.97. The fourth-order valence-electron chi connectivity index (χ4n) is 2.78. The maximum Gasteiger partial charge on any atom is 0.344 e. The number of ether oxygens (including phenoxy) is 2. The van der Waals surface area contributed by atoms with Gasteiger partial charge in [0.1, 0.15) is 5.75 Å². The topological polar surface area (TPSA) is 59.0 Å². The smallest absolute Gasteiger partial charge is 0.344 e. The molecule has 128 valence electrons. The van der Waals surface area contributed by atoms with Crippen LogP contribution < -0.4 is 4.74 Å². The average Bonchev–Trinajstić information content (AvgIpc) is 2.52. The summed E-state index contributed by atoms with van der Waals surface area (Å²) in [6.07, 6.45) is 1.38. The Hall–Kier alpha value is -1.30. The molecule has 1 aromatic carbocycles. The van der Waals surface area contributed by atoms with Crippen LogP contribution in [0.2, 0.25) is 5.02 Å². The van der Waals surface area contributed by atoms with Gasteiger partial charge in [0.15, 0.2) is 6.10 Å². The summed E-state index contributed by atoms with van der Waals surface area (Å²) in [7, 11) is 1.75. The summed E-state index contributed by atoms with van der Waals surface area (Å²) in [6, 6.07) is 5.54. The van der Waals surface area contributed by atoms with Crippen LogP contribution in [0.3, 0.4) is 0 Å². The molecule has 0 spiro atoms.